The Balaban J connectivity index is 1.27. The van der Waals surface area contributed by atoms with Crippen molar-refractivity contribution in [2.75, 3.05) is 46.9 Å². The topological polar surface area (TPSA) is 40.1 Å². The van der Waals surface area contributed by atoms with Crippen LogP contribution in [0, 0.1) is 5.92 Å². The number of nitrogens with zero attached hydrogens (tertiary/aromatic N) is 3. The maximum Gasteiger partial charge on any atom is 0.193 e. The number of aliphatic imine (C=N–C) groups is 1. The predicted molar refractivity (Wildman–Crippen MR) is 106 cm³/mol. The van der Waals surface area contributed by atoms with Crippen LogP contribution in [0.4, 0.5) is 0 Å². The lowest BCUT2D eigenvalue weighted by molar-refractivity contribution is 0.313. The molecule has 1 aromatic carbocycles. The summed E-state index contributed by atoms with van der Waals surface area (Å²) in [5, 5.41) is 3.65. The summed E-state index contributed by atoms with van der Waals surface area (Å²) in [5.41, 5.74) is 1.40. The second kappa shape index (κ2) is 7.87. The molecule has 2 unspecified atom stereocenters. The molecule has 0 bridgehead atoms. The van der Waals surface area contributed by atoms with Crippen LogP contribution in [0.3, 0.4) is 0 Å². The summed E-state index contributed by atoms with van der Waals surface area (Å²) in [6.45, 7) is 5.74. The van der Waals surface area contributed by atoms with E-state index in [0.29, 0.717) is 5.92 Å². The van der Waals surface area contributed by atoms with E-state index in [4.69, 9.17) is 4.74 Å². The van der Waals surface area contributed by atoms with Crippen LogP contribution in [0.15, 0.2) is 29.3 Å². The summed E-state index contributed by atoms with van der Waals surface area (Å²) in [4.78, 5) is 9.66. The largest absolute Gasteiger partial charge is 0.497 e. The molecular formula is C21H32N4O. The standard InChI is InChI=1S/C21H32N4O/c1-22-21(23-13-16-9-11-24(14-16)19-5-6-19)25-12-10-18(15-25)17-3-7-20(26-2)8-4-17/h3-4,7-8,16,18-19H,5-6,9-15H2,1-2H3,(H,22,23). The molecule has 0 spiro atoms. The smallest absolute Gasteiger partial charge is 0.193 e. The van der Waals surface area contributed by atoms with Crippen LogP contribution in [-0.4, -0.2) is 68.7 Å². The fraction of sp³-hybridized carbons (Fsp3) is 0.667. The van der Waals surface area contributed by atoms with Gasteiger partial charge in [-0.25, -0.2) is 0 Å². The van der Waals surface area contributed by atoms with Crippen LogP contribution in [-0.2, 0) is 0 Å². The molecule has 4 rings (SSSR count). The Morgan fingerprint density at radius 2 is 1.92 bits per heavy atom. The van der Waals surface area contributed by atoms with Gasteiger partial charge in [0.25, 0.3) is 0 Å². The summed E-state index contributed by atoms with van der Waals surface area (Å²) >= 11 is 0. The van der Waals surface area contributed by atoms with Crippen LogP contribution < -0.4 is 10.1 Å². The number of rotatable bonds is 5. The van der Waals surface area contributed by atoms with Gasteiger partial charge in [-0.2, -0.15) is 0 Å². The van der Waals surface area contributed by atoms with E-state index < -0.39 is 0 Å². The van der Waals surface area contributed by atoms with Crippen LogP contribution in [0.1, 0.15) is 37.2 Å². The Hall–Kier alpha value is -1.75. The molecule has 5 heteroatoms. The van der Waals surface area contributed by atoms with Gasteiger partial charge >= 0.3 is 0 Å². The summed E-state index contributed by atoms with van der Waals surface area (Å²) in [5.74, 6) is 3.35. The first-order valence-electron chi connectivity index (χ1n) is 10.1. The summed E-state index contributed by atoms with van der Waals surface area (Å²) < 4.78 is 5.27. The van der Waals surface area contributed by atoms with Crippen molar-refractivity contribution in [3.8, 4) is 5.75 Å². The first-order valence-corrected chi connectivity index (χ1v) is 10.1. The molecular weight excluding hydrogens is 324 g/mol. The highest BCUT2D eigenvalue weighted by atomic mass is 16.5. The zero-order chi connectivity index (χ0) is 17.9. The van der Waals surface area contributed by atoms with Gasteiger partial charge in [-0.15, -0.1) is 0 Å². The van der Waals surface area contributed by atoms with Crippen molar-refractivity contribution in [2.45, 2.75) is 37.6 Å². The molecule has 1 aromatic rings. The highest BCUT2D eigenvalue weighted by molar-refractivity contribution is 5.80. The van der Waals surface area contributed by atoms with E-state index in [2.05, 4.69) is 44.4 Å². The monoisotopic (exact) mass is 356 g/mol. The number of hydrogen-bond acceptors (Lipinski definition) is 3. The zero-order valence-corrected chi connectivity index (χ0v) is 16.2. The second-order valence-electron chi connectivity index (χ2n) is 8.01. The summed E-state index contributed by atoms with van der Waals surface area (Å²) in [6, 6.07) is 9.44. The number of methoxy groups -OCH3 is 1. The van der Waals surface area contributed by atoms with Crippen molar-refractivity contribution in [2.24, 2.45) is 10.9 Å². The average molecular weight is 357 g/mol. The zero-order valence-electron chi connectivity index (χ0n) is 16.2. The third-order valence-electron chi connectivity index (χ3n) is 6.22. The Kier molecular flexibility index (Phi) is 5.34. The molecule has 2 atom stereocenters. The third-order valence-corrected chi connectivity index (χ3v) is 6.22. The maximum atomic E-state index is 5.27. The van der Waals surface area contributed by atoms with Gasteiger partial charge in [0.15, 0.2) is 5.96 Å². The van der Waals surface area contributed by atoms with Gasteiger partial charge in [-0.1, -0.05) is 12.1 Å². The number of hydrogen-bond donors (Lipinski definition) is 1. The first kappa shape index (κ1) is 17.7. The van der Waals surface area contributed by atoms with Gasteiger partial charge in [-0.05, 0) is 55.8 Å². The molecule has 3 aliphatic rings. The number of likely N-dealkylation sites (tertiary alicyclic amines) is 2. The normalized spacial score (nSPS) is 27.2. The molecule has 5 nitrogen and oxygen atoms in total. The minimum Gasteiger partial charge on any atom is -0.497 e. The Bertz CT molecular complexity index is 625. The molecule has 0 radical (unpaired) electrons. The minimum absolute atomic E-state index is 0.580. The molecule has 26 heavy (non-hydrogen) atoms. The van der Waals surface area contributed by atoms with Gasteiger partial charge < -0.3 is 19.9 Å². The Morgan fingerprint density at radius 3 is 2.62 bits per heavy atom. The number of nitrogens with one attached hydrogen (secondary N) is 1. The van der Waals surface area contributed by atoms with E-state index >= 15 is 0 Å². The molecule has 2 aliphatic heterocycles. The van der Waals surface area contributed by atoms with Crippen molar-refractivity contribution < 1.29 is 4.74 Å². The van der Waals surface area contributed by atoms with Gasteiger partial charge in [-0.3, -0.25) is 4.99 Å². The SMILES string of the molecule is CN=C(NCC1CCN(C2CC2)C1)N1CCC(c2ccc(OC)cc2)C1. The predicted octanol–water partition coefficient (Wildman–Crippen LogP) is 2.54. The van der Waals surface area contributed by atoms with Crippen molar-refractivity contribution in [1.29, 1.82) is 0 Å². The van der Waals surface area contributed by atoms with Crippen molar-refractivity contribution in [3.63, 3.8) is 0 Å². The minimum atomic E-state index is 0.580. The maximum absolute atomic E-state index is 5.27. The number of benzene rings is 1. The molecule has 3 fully saturated rings. The second-order valence-corrected chi connectivity index (χ2v) is 8.01. The molecule has 0 aromatic heterocycles. The fourth-order valence-corrected chi connectivity index (χ4v) is 4.47. The fourth-order valence-electron chi connectivity index (χ4n) is 4.47. The van der Waals surface area contributed by atoms with E-state index in [1.165, 1.54) is 44.3 Å². The molecule has 1 saturated carbocycles. The van der Waals surface area contributed by atoms with Crippen LogP contribution in [0.25, 0.3) is 0 Å². The average Bonchev–Trinajstić information content (AvgIpc) is 3.23. The Morgan fingerprint density at radius 1 is 1.12 bits per heavy atom. The van der Waals surface area contributed by atoms with E-state index in [0.717, 1.165) is 43.3 Å². The quantitative estimate of drug-likeness (QED) is 0.650. The highest BCUT2D eigenvalue weighted by Crippen LogP contribution is 2.32. The third kappa shape index (κ3) is 3.98. The van der Waals surface area contributed by atoms with E-state index in [9.17, 15) is 0 Å². The van der Waals surface area contributed by atoms with Crippen molar-refractivity contribution in [1.82, 2.24) is 15.1 Å². The molecule has 1 N–H and O–H groups in total. The van der Waals surface area contributed by atoms with Gasteiger partial charge in [0, 0.05) is 45.2 Å². The lowest BCUT2D eigenvalue weighted by Gasteiger charge is -2.23. The van der Waals surface area contributed by atoms with E-state index in [1.807, 2.05) is 7.05 Å². The van der Waals surface area contributed by atoms with Gasteiger partial charge in [0.2, 0.25) is 0 Å². The van der Waals surface area contributed by atoms with E-state index in [-0.39, 0.29) is 0 Å². The van der Waals surface area contributed by atoms with Crippen LogP contribution in [0.2, 0.25) is 0 Å². The van der Waals surface area contributed by atoms with Gasteiger partial charge in [0.1, 0.15) is 5.75 Å². The first-order chi connectivity index (χ1) is 12.8. The van der Waals surface area contributed by atoms with Crippen molar-refractivity contribution >= 4 is 5.96 Å². The Labute approximate surface area is 157 Å². The lowest BCUT2D eigenvalue weighted by Crippen LogP contribution is -2.42. The summed E-state index contributed by atoms with van der Waals surface area (Å²) in [6.07, 6.45) is 5.35. The molecule has 2 saturated heterocycles. The molecule has 0 amide bonds. The number of guanidine groups is 1. The lowest BCUT2D eigenvalue weighted by atomic mass is 9.98. The van der Waals surface area contributed by atoms with Crippen LogP contribution >= 0.6 is 0 Å². The molecule has 142 valence electrons. The van der Waals surface area contributed by atoms with E-state index in [1.54, 1.807) is 7.11 Å². The number of ether oxygens (including phenoxy) is 1. The molecule has 2 heterocycles. The van der Waals surface area contributed by atoms with Crippen molar-refractivity contribution in [3.05, 3.63) is 29.8 Å². The molecule has 1 aliphatic carbocycles. The summed E-state index contributed by atoms with van der Waals surface area (Å²) in [7, 11) is 3.63. The van der Waals surface area contributed by atoms with Gasteiger partial charge in [0.05, 0.1) is 7.11 Å². The highest BCUT2D eigenvalue weighted by Gasteiger charge is 2.34. The van der Waals surface area contributed by atoms with Crippen LogP contribution in [0.5, 0.6) is 5.75 Å².